The van der Waals surface area contributed by atoms with Crippen molar-refractivity contribution in [2.75, 3.05) is 6.61 Å². The quantitative estimate of drug-likeness (QED) is 0.827. The normalized spacial score (nSPS) is 20.6. The summed E-state index contributed by atoms with van der Waals surface area (Å²) in [6.07, 6.45) is 7.06. The van der Waals surface area contributed by atoms with Crippen molar-refractivity contribution in [1.82, 2.24) is 0 Å². The highest BCUT2D eigenvalue weighted by atomic mass is 16.2. The molecule has 2 nitrogen and oxygen atoms in total. The van der Waals surface area contributed by atoms with Crippen LogP contribution in [0.3, 0.4) is 0 Å². The summed E-state index contributed by atoms with van der Waals surface area (Å²) in [5.41, 5.74) is 2.96. The Hall–Kier alpha value is -1.67. The summed E-state index contributed by atoms with van der Waals surface area (Å²) >= 11 is 0. The molecule has 1 aromatic rings. The van der Waals surface area contributed by atoms with E-state index in [2.05, 4.69) is 0 Å². The van der Waals surface area contributed by atoms with E-state index in [0.29, 0.717) is 12.8 Å². The fraction of sp³-hybridized carbons (Fsp3) is 0.312. The number of Topliss-reactive ketones (excluding diaryl/α,β-unsaturated/α-hetero) is 1. The lowest BCUT2D eigenvalue weighted by Crippen LogP contribution is -2.11. The summed E-state index contributed by atoms with van der Waals surface area (Å²) in [5, 5.41) is 8.89. The average Bonchev–Trinajstić information content (AvgIpc) is 2.41. The van der Waals surface area contributed by atoms with Crippen LogP contribution in [-0.2, 0) is 4.79 Å². The van der Waals surface area contributed by atoms with Gasteiger partial charge in [0.15, 0.2) is 5.78 Å². The Morgan fingerprint density at radius 2 is 1.94 bits per heavy atom. The van der Waals surface area contributed by atoms with Gasteiger partial charge in [0, 0.05) is 18.6 Å². The van der Waals surface area contributed by atoms with Crippen LogP contribution < -0.4 is 0 Å². The van der Waals surface area contributed by atoms with Crippen LogP contribution in [0.4, 0.5) is 0 Å². The van der Waals surface area contributed by atoms with Crippen LogP contribution >= 0.6 is 0 Å². The van der Waals surface area contributed by atoms with Crippen molar-refractivity contribution in [1.29, 1.82) is 0 Å². The summed E-state index contributed by atoms with van der Waals surface area (Å²) in [4.78, 5) is 12.0. The van der Waals surface area contributed by atoms with Crippen molar-refractivity contribution in [3.05, 3.63) is 53.1 Å². The Bertz CT molecular complexity index is 469. The van der Waals surface area contributed by atoms with E-state index in [1.807, 2.05) is 42.5 Å². The molecular weight excluding hydrogens is 224 g/mol. The standard InChI is InChI=1S/C16H18O2/c17-11-5-9-14-8-4-10-16(18)15(14)12-13-6-2-1-3-7-13/h1-3,6-7,9,12,17H,4-5,8,10-11H2/b14-9+,15-12-. The summed E-state index contributed by atoms with van der Waals surface area (Å²) < 4.78 is 0. The number of aliphatic hydroxyl groups is 1. The summed E-state index contributed by atoms with van der Waals surface area (Å²) in [6, 6.07) is 9.90. The SMILES string of the molecule is O=C1CCCC(=C\CCO)/C1=C/c1ccccc1. The van der Waals surface area contributed by atoms with E-state index in [9.17, 15) is 4.79 Å². The van der Waals surface area contributed by atoms with Crippen LogP contribution in [0.15, 0.2) is 47.6 Å². The highest BCUT2D eigenvalue weighted by Gasteiger charge is 2.19. The number of benzene rings is 1. The maximum absolute atomic E-state index is 12.0. The molecule has 0 aromatic heterocycles. The fourth-order valence-corrected chi connectivity index (χ4v) is 2.23. The molecule has 1 N–H and O–H groups in total. The van der Waals surface area contributed by atoms with Crippen LogP contribution in [0.1, 0.15) is 31.2 Å². The van der Waals surface area contributed by atoms with Gasteiger partial charge in [-0.3, -0.25) is 4.79 Å². The number of hydrogen-bond acceptors (Lipinski definition) is 2. The Morgan fingerprint density at radius 3 is 2.67 bits per heavy atom. The molecule has 0 amide bonds. The van der Waals surface area contributed by atoms with Gasteiger partial charge in [-0.25, -0.2) is 0 Å². The highest BCUT2D eigenvalue weighted by Crippen LogP contribution is 2.28. The molecule has 2 heteroatoms. The number of ketones is 1. The molecule has 0 radical (unpaired) electrons. The number of allylic oxidation sites excluding steroid dienone is 2. The Balaban J connectivity index is 2.30. The zero-order valence-electron chi connectivity index (χ0n) is 10.4. The molecule has 1 aliphatic rings. The third-order valence-corrected chi connectivity index (χ3v) is 3.13. The van der Waals surface area contributed by atoms with Crippen molar-refractivity contribution < 1.29 is 9.90 Å². The molecule has 1 saturated carbocycles. The Labute approximate surface area is 108 Å². The number of carbonyl (C=O) groups is 1. The van der Waals surface area contributed by atoms with Crippen molar-refractivity contribution >= 4 is 11.9 Å². The number of rotatable bonds is 3. The first-order valence-corrected chi connectivity index (χ1v) is 6.41. The molecule has 1 aromatic carbocycles. The number of carbonyl (C=O) groups excluding carboxylic acids is 1. The topological polar surface area (TPSA) is 37.3 Å². The van der Waals surface area contributed by atoms with Crippen LogP contribution in [0.5, 0.6) is 0 Å². The zero-order chi connectivity index (χ0) is 12.8. The van der Waals surface area contributed by atoms with Gasteiger partial charge >= 0.3 is 0 Å². The van der Waals surface area contributed by atoms with Gasteiger partial charge in [0.05, 0.1) is 0 Å². The second-order valence-electron chi connectivity index (χ2n) is 4.49. The Morgan fingerprint density at radius 1 is 1.17 bits per heavy atom. The Kier molecular flexibility index (Phi) is 4.48. The minimum atomic E-state index is 0.135. The van der Waals surface area contributed by atoms with Gasteiger partial charge in [-0.2, -0.15) is 0 Å². The van der Waals surface area contributed by atoms with Crippen LogP contribution in [-0.4, -0.2) is 17.5 Å². The predicted octanol–water partition coefficient (Wildman–Crippen LogP) is 3.13. The molecule has 1 fully saturated rings. The maximum atomic E-state index is 12.0. The summed E-state index contributed by atoms with van der Waals surface area (Å²) in [5.74, 6) is 0.217. The first-order chi connectivity index (χ1) is 8.81. The van der Waals surface area contributed by atoms with Crippen molar-refractivity contribution in [3.8, 4) is 0 Å². The zero-order valence-corrected chi connectivity index (χ0v) is 10.4. The third kappa shape index (κ3) is 3.17. The van der Waals surface area contributed by atoms with E-state index >= 15 is 0 Å². The molecule has 0 saturated heterocycles. The van der Waals surface area contributed by atoms with E-state index in [-0.39, 0.29) is 12.4 Å². The van der Waals surface area contributed by atoms with Gasteiger partial charge in [0.1, 0.15) is 0 Å². The van der Waals surface area contributed by atoms with E-state index in [0.717, 1.165) is 29.6 Å². The van der Waals surface area contributed by atoms with E-state index in [1.165, 1.54) is 0 Å². The molecule has 0 bridgehead atoms. The smallest absolute Gasteiger partial charge is 0.163 e. The van der Waals surface area contributed by atoms with E-state index < -0.39 is 0 Å². The minimum Gasteiger partial charge on any atom is -0.396 e. The molecule has 94 valence electrons. The van der Waals surface area contributed by atoms with Gasteiger partial charge < -0.3 is 5.11 Å². The summed E-state index contributed by atoms with van der Waals surface area (Å²) in [7, 11) is 0. The minimum absolute atomic E-state index is 0.135. The maximum Gasteiger partial charge on any atom is 0.163 e. The van der Waals surface area contributed by atoms with Gasteiger partial charge in [0.2, 0.25) is 0 Å². The fourth-order valence-electron chi connectivity index (χ4n) is 2.23. The van der Waals surface area contributed by atoms with E-state index in [1.54, 1.807) is 0 Å². The lowest BCUT2D eigenvalue weighted by atomic mass is 9.86. The number of aliphatic hydroxyl groups excluding tert-OH is 1. The summed E-state index contributed by atoms with van der Waals surface area (Å²) in [6.45, 7) is 0.135. The van der Waals surface area contributed by atoms with Crippen LogP contribution in [0, 0.1) is 0 Å². The molecule has 0 unspecified atom stereocenters. The molecule has 0 atom stereocenters. The third-order valence-electron chi connectivity index (χ3n) is 3.13. The predicted molar refractivity (Wildman–Crippen MR) is 73.1 cm³/mol. The van der Waals surface area contributed by atoms with Crippen molar-refractivity contribution in [2.45, 2.75) is 25.7 Å². The molecule has 0 heterocycles. The van der Waals surface area contributed by atoms with Crippen molar-refractivity contribution in [3.63, 3.8) is 0 Å². The molecular formula is C16H18O2. The molecule has 18 heavy (non-hydrogen) atoms. The van der Waals surface area contributed by atoms with Crippen LogP contribution in [0.25, 0.3) is 6.08 Å². The van der Waals surface area contributed by atoms with Gasteiger partial charge in [-0.05, 0) is 36.5 Å². The first kappa shape index (κ1) is 12.8. The highest BCUT2D eigenvalue weighted by molar-refractivity contribution is 6.04. The molecule has 0 spiro atoms. The van der Waals surface area contributed by atoms with Gasteiger partial charge in [0.25, 0.3) is 0 Å². The van der Waals surface area contributed by atoms with Gasteiger partial charge in [-0.1, -0.05) is 36.4 Å². The molecule has 1 aliphatic carbocycles. The average molecular weight is 242 g/mol. The van der Waals surface area contributed by atoms with Crippen molar-refractivity contribution in [2.24, 2.45) is 0 Å². The second-order valence-corrected chi connectivity index (χ2v) is 4.49. The van der Waals surface area contributed by atoms with E-state index in [4.69, 9.17) is 5.11 Å². The van der Waals surface area contributed by atoms with Gasteiger partial charge in [-0.15, -0.1) is 0 Å². The molecule has 0 aliphatic heterocycles. The first-order valence-electron chi connectivity index (χ1n) is 6.41. The molecule has 2 rings (SSSR count). The largest absolute Gasteiger partial charge is 0.396 e. The lowest BCUT2D eigenvalue weighted by Gasteiger charge is -2.17. The monoisotopic (exact) mass is 242 g/mol. The second kappa shape index (κ2) is 6.31. The number of hydrogen-bond donors (Lipinski definition) is 1. The lowest BCUT2D eigenvalue weighted by molar-refractivity contribution is -0.115. The van der Waals surface area contributed by atoms with Crippen LogP contribution in [0.2, 0.25) is 0 Å².